The Kier molecular flexibility index (Phi) is 6.41. The van der Waals surface area contributed by atoms with E-state index in [1.165, 1.54) is 11.0 Å². The molecule has 1 atom stereocenters. The fourth-order valence-electron chi connectivity index (χ4n) is 2.93. The number of aryl methyl sites for hydroxylation is 1. The zero-order valence-corrected chi connectivity index (χ0v) is 16.3. The van der Waals surface area contributed by atoms with E-state index in [0.29, 0.717) is 12.3 Å². The molecule has 3 aromatic rings. The summed E-state index contributed by atoms with van der Waals surface area (Å²) in [7, 11) is 0. The first-order valence-corrected chi connectivity index (χ1v) is 8.92. The number of anilines is 1. The van der Waals surface area contributed by atoms with Crippen LogP contribution >= 0.6 is 12.4 Å². The Labute approximate surface area is 169 Å². The van der Waals surface area contributed by atoms with Crippen molar-refractivity contribution >= 4 is 24.0 Å². The highest BCUT2D eigenvalue weighted by Crippen LogP contribution is 2.21. The number of carbonyl (C=O) groups is 1. The molecule has 0 bridgehead atoms. The molecule has 2 N–H and O–H groups in total. The molecule has 1 aromatic heterocycles. The summed E-state index contributed by atoms with van der Waals surface area (Å²) in [5, 5.41) is 14.6. The van der Waals surface area contributed by atoms with Crippen molar-refractivity contribution in [3.8, 4) is 5.69 Å². The Hall–Kier alpha value is -2.74. The number of halogens is 1. The quantitative estimate of drug-likeness (QED) is 0.705. The summed E-state index contributed by atoms with van der Waals surface area (Å²) in [5.41, 5.74) is 4.02. The van der Waals surface area contributed by atoms with Gasteiger partial charge in [0.1, 0.15) is 0 Å². The highest BCUT2D eigenvalue weighted by molar-refractivity contribution is 6.02. The zero-order valence-electron chi connectivity index (χ0n) is 15.5. The zero-order chi connectivity index (χ0) is 18.6. The molecule has 0 radical (unpaired) electrons. The molecule has 8 heteroatoms. The second-order valence-electron chi connectivity index (χ2n) is 6.49. The van der Waals surface area contributed by atoms with Crippen molar-refractivity contribution in [1.29, 1.82) is 0 Å². The molecule has 2 heterocycles. The smallest absolute Gasteiger partial charge is 0.277 e. The second kappa shape index (κ2) is 8.97. The predicted octanol–water partition coefficient (Wildman–Crippen LogP) is 2.91. The standard InChI is InChI=1S/C20H21N5O2.ClH/c1-14-2-8-17(9-3-14)25-22-12-18(24-25)20(26)23-16-6-4-15(5-7-16)19-13-21-10-11-27-19;/h2-9,12,19,21H,10-11,13H2,1H3,(H,23,26);1H. The molecule has 1 aliphatic rings. The fourth-order valence-corrected chi connectivity index (χ4v) is 2.93. The minimum absolute atomic E-state index is 0. The summed E-state index contributed by atoms with van der Waals surface area (Å²) in [5.74, 6) is -0.295. The van der Waals surface area contributed by atoms with E-state index in [0.717, 1.165) is 29.9 Å². The SMILES string of the molecule is Cc1ccc(-n2ncc(C(=O)Nc3ccc(C4CNCCO4)cc3)n2)cc1.Cl. The Bertz CT molecular complexity index is 919. The maximum Gasteiger partial charge on any atom is 0.277 e. The predicted molar refractivity (Wildman–Crippen MR) is 109 cm³/mol. The van der Waals surface area contributed by atoms with Crippen molar-refractivity contribution in [2.75, 3.05) is 25.0 Å². The molecule has 1 unspecified atom stereocenters. The molecule has 1 fully saturated rings. The first kappa shape index (κ1) is 20.0. The van der Waals surface area contributed by atoms with E-state index in [1.807, 2.05) is 55.5 Å². The number of nitrogens with one attached hydrogen (secondary N) is 2. The largest absolute Gasteiger partial charge is 0.371 e. The van der Waals surface area contributed by atoms with Gasteiger partial charge in [0.2, 0.25) is 0 Å². The van der Waals surface area contributed by atoms with Crippen LogP contribution in [0.15, 0.2) is 54.7 Å². The fraction of sp³-hybridized carbons (Fsp3) is 0.250. The summed E-state index contributed by atoms with van der Waals surface area (Å²) in [4.78, 5) is 13.9. The Morgan fingerprint density at radius 3 is 2.61 bits per heavy atom. The van der Waals surface area contributed by atoms with Crippen LogP contribution in [0, 0.1) is 6.92 Å². The van der Waals surface area contributed by atoms with Gasteiger partial charge in [0.25, 0.3) is 5.91 Å². The Balaban J connectivity index is 0.00000225. The minimum atomic E-state index is -0.295. The Morgan fingerprint density at radius 2 is 1.93 bits per heavy atom. The van der Waals surface area contributed by atoms with Gasteiger partial charge in [-0.3, -0.25) is 4.79 Å². The van der Waals surface area contributed by atoms with Crippen LogP contribution < -0.4 is 10.6 Å². The molecule has 2 aromatic carbocycles. The molecule has 1 saturated heterocycles. The lowest BCUT2D eigenvalue weighted by atomic mass is 10.1. The highest BCUT2D eigenvalue weighted by Gasteiger charge is 2.16. The van der Waals surface area contributed by atoms with E-state index in [4.69, 9.17) is 4.74 Å². The average Bonchev–Trinajstić information content (AvgIpc) is 3.20. The van der Waals surface area contributed by atoms with Crippen LogP contribution in [0.4, 0.5) is 5.69 Å². The number of aromatic nitrogens is 3. The maximum atomic E-state index is 12.4. The van der Waals surface area contributed by atoms with E-state index >= 15 is 0 Å². The van der Waals surface area contributed by atoms with E-state index < -0.39 is 0 Å². The van der Waals surface area contributed by atoms with Crippen LogP contribution in [0.2, 0.25) is 0 Å². The summed E-state index contributed by atoms with van der Waals surface area (Å²) < 4.78 is 5.74. The van der Waals surface area contributed by atoms with Gasteiger partial charge >= 0.3 is 0 Å². The molecule has 1 aliphatic heterocycles. The topological polar surface area (TPSA) is 81.1 Å². The Morgan fingerprint density at radius 1 is 1.18 bits per heavy atom. The molecular formula is C20H22ClN5O2. The lowest BCUT2D eigenvalue weighted by Gasteiger charge is -2.24. The van der Waals surface area contributed by atoms with Gasteiger partial charge in [-0.2, -0.15) is 9.90 Å². The third-order valence-electron chi connectivity index (χ3n) is 4.46. The molecule has 0 aliphatic carbocycles. The van der Waals surface area contributed by atoms with Crippen LogP contribution in [0.25, 0.3) is 5.69 Å². The molecule has 146 valence electrons. The van der Waals surface area contributed by atoms with Crippen molar-refractivity contribution in [1.82, 2.24) is 20.3 Å². The van der Waals surface area contributed by atoms with Gasteiger partial charge in [0.05, 0.1) is 24.6 Å². The third-order valence-corrected chi connectivity index (χ3v) is 4.46. The molecule has 4 rings (SSSR count). The number of hydrogen-bond acceptors (Lipinski definition) is 5. The number of nitrogens with zero attached hydrogens (tertiary/aromatic N) is 3. The lowest BCUT2D eigenvalue weighted by Crippen LogP contribution is -2.33. The van der Waals surface area contributed by atoms with Gasteiger partial charge in [0, 0.05) is 18.8 Å². The molecule has 0 saturated carbocycles. The van der Waals surface area contributed by atoms with Gasteiger partial charge in [-0.25, -0.2) is 0 Å². The number of hydrogen-bond donors (Lipinski definition) is 2. The van der Waals surface area contributed by atoms with E-state index in [9.17, 15) is 4.79 Å². The summed E-state index contributed by atoms with van der Waals surface area (Å²) in [6, 6.07) is 15.5. The van der Waals surface area contributed by atoms with Gasteiger partial charge in [-0.15, -0.1) is 17.5 Å². The van der Waals surface area contributed by atoms with Crippen LogP contribution in [0.5, 0.6) is 0 Å². The second-order valence-corrected chi connectivity index (χ2v) is 6.49. The number of morpholine rings is 1. The van der Waals surface area contributed by atoms with E-state index in [1.54, 1.807) is 0 Å². The van der Waals surface area contributed by atoms with Gasteiger partial charge < -0.3 is 15.4 Å². The molecule has 28 heavy (non-hydrogen) atoms. The summed E-state index contributed by atoms with van der Waals surface area (Å²) in [6.45, 7) is 4.41. The van der Waals surface area contributed by atoms with Crippen LogP contribution in [0.1, 0.15) is 27.7 Å². The molecule has 1 amide bonds. The first-order valence-electron chi connectivity index (χ1n) is 8.92. The van der Waals surface area contributed by atoms with Crippen molar-refractivity contribution in [3.63, 3.8) is 0 Å². The van der Waals surface area contributed by atoms with Crippen molar-refractivity contribution in [2.45, 2.75) is 13.0 Å². The average molecular weight is 400 g/mol. The number of benzene rings is 2. The number of carbonyl (C=O) groups excluding carboxylic acids is 1. The van der Waals surface area contributed by atoms with Crippen molar-refractivity contribution in [2.24, 2.45) is 0 Å². The molecule has 7 nitrogen and oxygen atoms in total. The summed E-state index contributed by atoms with van der Waals surface area (Å²) >= 11 is 0. The lowest BCUT2D eigenvalue weighted by molar-refractivity contribution is 0.0277. The van der Waals surface area contributed by atoms with Gasteiger partial charge in [-0.1, -0.05) is 29.8 Å². The van der Waals surface area contributed by atoms with Crippen molar-refractivity contribution in [3.05, 3.63) is 71.5 Å². The maximum absolute atomic E-state index is 12.4. The summed E-state index contributed by atoms with van der Waals surface area (Å²) in [6.07, 6.45) is 1.52. The molecular weight excluding hydrogens is 378 g/mol. The number of rotatable bonds is 4. The van der Waals surface area contributed by atoms with E-state index in [-0.39, 0.29) is 30.1 Å². The normalized spacial score (nSPS) is 16.2. The van der Waals surface area contributed by atoms with Crippen LogP contribution in [0.3, 0.4) is 0 Å². The minimum Gasteiger partial charge on any atom is -0.371 e. The monoisotopic (exact) mass is 399 g/mol. The van der Waals surface area contributed by atoms with Gasteiger partial charge in [-0.05, 0) is 36.8 Å². The molecule has 0 spiro atoms. The highest BCUT2D eigenvalue weighted by atomic mass is 35.5. The van der Waals surface area contributed by atoms with E-state index in [2.05, 4.69) is 20.8 Å². The number of amides is 1. The van der Waals surface area contributed by atoms with Crippen molar-refractivity contribution < 1.29 is 9.53 Å². The van der Waals surface area contributed by atoms with Crippen LogP contribution in [-0.4, -0.2) is 40.6 Å². The first-order chi connectivity index (χ1) is 13.2. The van der Waals surface area contributed by atoms with Crippen LogP contribution in [-0.2, 0) is 4.74 Å². The van der Waals surface area contributed by atoms with Gasteiger partial charge in [0.15, 0.2) is 5.69 Å². The third kappa shape index (κ3) is 4.56. The number of ether oxygens (including phenoxy) is 1.